The van der Waals surface area contributed by atoms with E-state index in [1.54, 1.807) is 0 Å². The molecule has 0 saturated carbocycles. The fraction of sp³-hybridized carbons (Fsp3) is 0.692. The van der Waals surface area contributed by atoms with E-state index in [1.165, 1.54) is 5.56 Å². The van der Waals surface area contributed by atoms with Gasteiger partial charge in [-0.25, -0.2) is 0 Å². The molecule has 1 aromatic rings. The van der Waals surface area contributed by atoms with Crippen molar-refractivity contribution in [2.45, 2.75) is 52.3 Å². The zero-order valence-electron chi connectivity index (χ0n) is 10.6. The van der Waals surface area contributed by atoms with Gasteiger partial charge in [0, 0.05) is 25.0 Å². The molecule has 0 saturated heterocycles. The molecule has 0 aliphatic carbocycles. The summed E-state index contributed by atoms with van der Waals surface area (Å²) in [5.74, 6) is 0. The lowest BCUT2D eigenvalue weighted by Gasteiger charge is -2.15. The van der Waals surface area contributed by atoms with Crippen molar-refractivity contribution in [3.63, 3.8) is 0 Å². The van der Waals surface area contributed by atoms with Crippen LogP contribution in [-0.2, 0) is 6.54 Å². The first-order valence-corrected chi connectivity index (χ1v) is 6.24. The molecule has 3 nitrogen and oxygen atoms in total. The molecule has 2 unspecified atom stereocenters. The molecule has 1 heterocycles. The molecule has 0 radical (unpaired) electrons. The lowest BCUT2D eigenvalue weighted by atomic mass is 10.1. The normalized spacial score (nSPS) is 15.0. The Labute approximate surface area is 98.5 Å². The second-order valence-electron chi connectivity index (χ2n) is 4.41. The minimum atomic E-state index is -0.288. The van der Waals surface area contributed by atoms with Crippen LogP contribution in [0.4, 0.5) is 0 Å². The Morgan fingerprint density at radius 2 is 2.19 bits per heavy atom. The summed E-state index contributed by atoms with van der Waals surface area (Å²) in [7, 11) is 0. The molecule has 0 amide bonds. The average Bonchev–Trinajstić information content (AvgIpc) is 2.67. The first kappa shape index (κ1) is 13.3. The number of nitrogens with zero attached hydrogens (tertiary/aromatic N) is 1. The summed E-state index contributed by atoms with van der Waals surface area (Å²) >= 11 is 0. The Bertz CT molecular complexity index is 294. The van der Waals surface area contributed by atoms with Crippen LogP contribution in [0.1, 0.15) is 45.2 Å². The molecule has 16 heavy (non-hydrogen) atoms. The van der Waals surface area contributed by atoms with Crippen LogP contribution < -0.4 is 5.32 Å². The third kappa shape index (κ3) is 3.99. The smallest absolute Gasteiger partial charge is 0.0690 e. The van der Waals surface area contributed by atoms with E-state index in [1.807, 2.05) is 13.1 Å². The molecule has 2 atom stereocenters. The lowest BCUT2D eigenvalue weighted by molar-refractivity contribution is 0.173. The monoisotopic (exact) mass is 224 g/mol. The van der Waals surface area contributed by atoms with Crippen molar-refractivity contribution in [3.8, 4) is 0 Å². The third-order valence-corrected chi connectivity index (χ3v) is 2.70. The Balaban J connectivity index is 2.59. The lowest BCUT2D eigenvalue weighted by Crippen LogP contribution is -2.21. The topological polar surface area (TPSA) is 37.2 Å². The molecule has 0 spiro atoms. The van der Waals surface area contributed by atoms with Crippen LogP contribution in [0.2, 0.25) is 0 Å². The van der Waals surface area contributed by atoms with Gasteiger partial charge in [-0.15, -0.1) is 0 Å². The molecule has 0 aromatic carbocycles. The fourth-order valence-corrected chi connectivity index (χ4v) is 1.90. The van der Waals surface area contributed by atoms with Gasteiger partial charge >= 0.3 is 0 Å². The van der Waals surface area contributed by atoms with Crippen LogP contribution >= 0.6 is 0 Å². The summed E-state index contributed by atoms with van der Waals surface area (Å²) in [5.41, 5.74) is 1.32. The number of aliphatic hydroxyl groups excluding tert-OH is 1. The quantitative estimate of drug-likeness (QED) is 0.746. The summed E-state index contributed by atoms with van der Waals surface area (Å²) in [6, 6.07) is 2.58. The molecule has 1 aromatic heterocycles. The van der Waals surface area contributed by atoms with Gasteiger partial charge in [-0.05, 0) is 37.9 Å². The van der Waals surface area contributed by atoms with Crippen LogP contribution in [0.3, 0.4) is 0 Å². The number of aromatic nitrogens is 1. The number of aliphatic hydroxyl groups is 1. The highest BCUT2D eigenvalue weighted by atomic mass is 16.3. The maximum atomic E-state index is 9.32. The van der Waals surface area contributed by atoms with E-state index >= 15 is 0 Å². The second-order valence-corrected chi connectivity index (χ2v) is 4.41. The fourth-order valence-electron chi connectivity index (χ4n) is 1.90. The predicted octanol–water partition coefficient (Wildman–Crippen LogP) is 2.32. The van der Waals surface area contributed by atoms with Gasteiger partial charge in [0.25, 0.3) is 0 Å². The summed E-state index contributed by atoms with van der Waals surface area (Å²) in [5, 5.41) is 12.8. The first-order chi connectivity index (χ1) is 7.67. The molecule has 0 bridgehead atoms. The Hall–Kier alpha value is -0.800. The van der Waals surface area contributed by atoms with Gasteiger partial charge in [0.2, 0.25) is 0 Å². The first-order valence-electron chi connectivity index (χ1n) is 6.24. The van der Waals surface area contributed by atoms with Crippen LogP contribution in [0.15, 0.2) is 18.5 Å². The van der Waals surface area contributed by atoms with Gasteiger partial charge in [0.05, 0.1) is 6.10 Å². The Morgan fingerprint density at radius 3 is 2.75 bits per heavy atom. The summed E-state index contributed by atoms with van der Waals surface area (Å²) in [4.78, 5) is 0. The Morgan fingerprint density at radius 1 is 1.44 bits per heavy atom. The van der Waals surface area contributed by atoms with Crippen molar-refractivity contribution in [2.75, 3.05) is 6.54 Å². The molecule has 92 valence electrons. The minimum Gasteiger partial charge on any atom is -0.392 e. The minimum absolute atomic E-state index is 0.288. The van der Waals surface area contributed by atoms with Crippen LogP contribution in [0.5, 0.6) is 0 Å². The number of rotatable bonds is 7. The van der Waals surface area contributed by atoms with Crippen molar-refractivity contribution in [1.82, 2.24) is 9.88 Å². The van der Waals surface area contributed by atoms with Crippen LogP contribution in [0, 0.1) is 0 Å². The van der Waals surface area contributed by atoms with Crippen LogP contribution in [0.25, 0.3) is 0 Å². The summed E-state index contributed by atoms with van der Waals surface area (Å²) < 4.78 is 2.05. The maximum absolute atomic E-state index is 9.32. The van der Waals surface area contributed by atoms with E-state index in [-0.39, 0.29) is 6.10 Å². The van der Waals surface area contributed by atoms with Crippen LogP contribution in [-0.4, -0.2) is 22.3 Å². The summed E-state index contributed by atoms with van der Waals surface area (Å²) in [6.07, 6.45) is 6.13. The van der Waals surface area contributed by atoms with Gasteiger partial charge in [-0.3, -0.25) is 0 Å². The number of hydrogen-bond donors (Lipinski definition) is 2. The molecule has 0 aliphatic rings. The number of hydrogen-bond acceptors (Lipinski definition) is 2. The van der Waals surface area contributed by atoms with Gasteiger partial charge in [0.15, 0.2) is 0 Å². The van der Waals surface area contributed by atoms with E-state index in [0.717, 1.165) is 19.4 Å². The third-order valence-electron chi connectivity index (χ3n) is 2.70. The van der Waals surface area contributed by atoms with Gasteiger partial charge in [0.1, 0.15) is 0 Å². The van der Waals surface area contributed by atoms with Gasteiger partial charge in [-0.1, -0.05) is 13.8 Å². The average molecular weight is 224 g/mol. The zero-order valence-corrected chi connectivity index (χ0v) is 10.6. The zero-order chi connectivity index (χ0) is 12.0. The van der Waals surface area contributed by atoms with Crippen molar-refractivity contribution < 1.29 is 5.11 Å². The molecule has 0 aliphatic heterocycles. The molecule has 1 rings (SSSR count). The maximum Gasteiger partial charge on any atom is 0.0690 e. The van der Waals surface area contributed by atoms with E-state index in [2.05, 4.69) is 36.0 Å². The van der Waals surface area contributed by atoms with Crippen molar-refractivity contribution in [1.29, 1.82) is 0 Å². The SMILES string of the molecule is CCCNC(CC)c1ccn(CC(C)O)c1. The van der Waals surface area contributed by atoms with Crippen molar-refractivity contribution >= 4 is 0 Å². The van der Waals surface area contributed by atoms with Crippen molar-refractivity contribution in [2.24, 2.45) is 0 Å². The van der Waals surface area contributed by atoms with Crippen molar-refractivity contribution in [3.05, 3.63) is 24.0 Å². The number of nitrogens with one attached hydrogen (secondary N) is 1. The largest absolute Gasteiger partial charge is 0.392 e. The standard InChI is InChI=1S/C13H24N2O/c1-4-7-14-13(5-2)12-6-8-15(10-12)9-11(3)16/h6,8,10-11,13-14,16H,4-5,7,9H2,1-3H3. The molecule has 0 fully saturated rings. The van der Waals surface area contributed by atoms with E-state index in [4.69, 9.17) is 0 Å². The molecular formula is C13H24N2O. The Kier molecular flexibility index (Phi) is 5.56. The summed E-state index contributed by atoms with van der Waals surface area (Å²) in [6.45, 7) is 7.91. The highest BCUT2D eigenvalue weighted by Crippen LogP contribution is 2.17. The van der Waals surface area contributed by atoms with Gasteiger partial charge in [-0.2, -0.15) is 0 Å². The predicted molar refractivity (Wildman–Crippen MR) is 67.4 cm³/mol. The second kappa shape index (κ2) is 6.71. The molecule has 3 heteroatoms. The highest BCUT2D eigenvalue weighted by molar-refractivity contribution is 5.15. The van der Waals surface area contributed by atoms with E-state index < -0.39 is 0 Å². The van der Waals surface area contributed by atoms with E-state index in [9.17, 15) is 5.11 Å². The molecule has 2 N–H and O–H groups in total. The van der Waals surface area contributed by atoms with Gasteiger partial charge < -0.3 is 15.0 Å². The highest BCUT2D eigenvalue weighted by Gasteiger charge is 2.09. The van der Waals surface area contributed by atoms with E-state index in [0.29, 0.717) is 12.6 Å². The molecular weight excluding hydrogens is 200 g/mol.